The average molecular weight is 303 g/mol. The Morgan fingerprint density at radius 2 is 2.05 bits per heavy atom. The maximum absolute atomic E-state index is 11.1. The normalized spacial score (nSPS) is 12.5. The zero-order valence-corrected chi connectivity index (χ0v) is 13.2. The van der Waals surface area contributed by atoms with Crippen LogP contribution in [-0.2, 0) is 6.54 Å². The fourth-order valence-electron chi connectivity index (χ4n) is 2.21. The van der Waals surface area contributed by atoms with Crippen molar-refractivity contribution in [1.82, 2.24) is 10.2 Å². The van der Waals surface area contributed by atoms with Crippen LogP contribution in [0.1, 0.15) is 26.8 Å². The van der Waals surface area contributed by atoms with Gasteiger partial charge in [-0.3, -0.25) is 4.79 Å². The summed E-state index contributed by atoms with van der Waals surface area (Å²) in [5.74, 6) is -0.368. The Hall–Kier alpha value is -1.69. The van der Waals surface area contributed by atoms with Crippen molar-refractivity contribution in [3.8, 4) is 0 Å². The number of amides is 1. The van der Waals surface area contributed by atoms with Crippen molar-refractivity contribution < 1.29 is 4.79 Å². The maximum atomic E-state index is 11.1. The third-order valence-electron chi connectivity index (χ3n) is 3.38. The highest BCUT2D eigenvalue weighted by molar-refractivity contribution is 7.10. The van der Waals surface area contributed by atoms with Gasteiger partial charge in [-0.15, -0.1) is 11.3 Å². The molecule has 3 N–H and O–H groups in total. The Morgan fingerprint density at radius 3 is 2.62 bits per heavy atom. The van der Waals surface area contributed by atoms with Crippen LogP contribution >= 0.6 is 11.3 Å². The van der Waals surface area contributed by atoms with Crippen LogP contribution in [-0.4, -0.2) is 31.4 Å². The number of nitrogens with zero attached hydrogens (tertiary/aromatic N) is 1. The van der Waals surface area contributed by atoms with Crippen LogP contribution in [0.5, 0.6) is 0 Å². The first-order valence-corrected chi connectivity index (χ1v) is 7.75. The van der Waals surface area contributed by atoms with Gasteiger partial charge < -0.3 is 16.0 Å². The third-order valence-corrected chi connectivity index (χ3v) is 4.32. The number of hydrogen-bond donors (Lipinski definition) is 2. The summed E-state index contributed by atoms with van der Waals surface area (Å²) in [6.07, 6.45) is 0. The van der Waals surface area contributed by atoms with E-state index in [4.69, 9.17) is 5.73 Å². The predicted molar refractivity (Wildman–Crippen MR) is 87.4 cm³/mol. The largest absolute Gasteiger partial charge is 0.366 e. The molecule has 0 fully saturated rings. The molecule has 1 unspecified atom stereocenters. The summed E-state index contributed by atoms with van der Waals surface area (Å²) in [7, 11) is 4.16. The van der Waals surface area contributed by atoms with E-state index in [1.165, 1.54) is 5.56 Å². The number of carbonyl (C=O) groups excluding carboxylic acids is 1. The molecular formula is C16H21N3OS. The monoisotopic (exact) mass is 303 g/mol. The summed E-state index contributed by atoms with van der Waals surface area (Å²) in [5, 5.41) is 5.26. The van der Waals surface area contributed by atoms with E-state index in [1.54, 1.807) is 16.7 Å². The zero-order valence-electron chi connectivity index (χ0n) is 12.4. The Morgan fingerprint density at radius 1 is 1.33 bits per heavy atom. The number of rotatable bonds is 7. The van der Waals surface area contributed by atoms with Gasteiger partial charge in [0.2, 0.25) is 5.91 Å². The van der Waals surface area contributed by atoms with Gasteiger partial charge in [-0.25, -0.2) is 0 Å². The standard InChI is InChI=1S/C16H21N3OS/c1-19(2)15(12-6-4-3-5-7-12)10-18-9-14-8-13(11-21-14)16(17)20/h3-8,11,15,18H,9-10H2,1-2H3,(H2,17,20). The lowest BCUT2D eigenvalue weighted by Gasteiger charge is -2.25. The molecule has 1 heterocycles. The summed E-state index contributed by atoms with van der Waals surface area (Å²) in [6, 6.07) is 12.6. The van der Waals surface area contributed by atoms with Crippen LogP contribution in [0.3, 0.4) is 0 Å². The number of hydrogen-bond acceptors (Lipinski definition) is 4. The zero-order chi connectivity index (χ0) is 15.2. The minimum absolute atomic E-state index is 0.321. The van der Waals surface area contributed by atoms with Crippen LogP contribution in [0.2, 0.25) is 0 Å². The Kier molecular flexibility index (Phi) is 5.50. The van der Waals surface area contributed by atoms with Crippen molar-refractivity contribution in [3.63, 3.8) is 0 Å². The molecule has 2 rings (SSSR count). The van der Waals surface area contributed by atoms with E-state index in [0.717, 1.165) is 18.0 Å². The molecule has 1 amide bonds. The Labute approximate surface area is 129 Å². The summed E-state index contributed by atoms with van der Waals surface area (Å²) in [5.41, 5.74) is 7.14. The van der Waals surface area contributed by atoms with Crippen LogP contribution < -0.4 is 11.1 Å². The number of thiophene rings is 1. The quantitative estimate of drug-likeness (QED) is 0.825. The molecule has 0 saturated heterocycles. The molecule has 5 heteroatoms. The SMILES string of the molecule is CN(C)C(CNCc1cc(C(N)=O)cs1)c1ccccc1. The lowest BCUT2D eigenvalue weighted by atomic mass is 10.1. The second kappa shape index (κ2) is 7.36. The summed E-state index contributed by atoms with van der Waals surface area (Å²) in [4.78, 5) is 14.4. The van der Waals surface area contributed by atoms with Gasteiger partial charge in [0.05, 0.1) is 5.56 Å². The second-order valence-electron chi connectivity index (χ2n) is 5.19. The van der Waals surface area contributed by atoms with E-state index in [1.807, 2.05) is 12.1 Å². The molecule has 0 aliphatic carbocycles. The van der Waals surface area contributed by atoms with Gasteiger partial charge in [0.25, 0.3) is 0 Å². The molecule has 1 aromatic heterocycles. The van der Waals surface area contributed by atoms with E-state index in [2.05, 4.69) is 48.6 Å². The third kappa shape index (κ3) is 4.39. The smallest absolute Gasteiger partial charge is 0.249 e. The number of primary amides is 1. The molecule has 0 saturated carbocycles. The number of benzene rings is 1. The molecule has 0 aliphatic heterocycles. The fraction of sp³-hybridized carbons (Fsp3) is 0.312. The van der Waals surface area contributed by atoms with Gasteiger partial charge in [0.1, 0.15) is 0 Å². The molecule has 1 aromatic carbocycles. The number of likely N-dealkylation sites (N-methyl/N-ethyl adjacent to an activating group) is 1. The minimum Gasteiger partial charge on any atom is -0.366 e. The van der Waals surface area contributed by atoms with Gasteiger partial charge in [-0.1, -0.05) is 30.3 Å². The number of nitrogens with one attached hydrogen (secondary N) is 1. The van der Waals surface area contributed by atoms with Crippen LogP contribution in [0.15, 0.2) is 41.8 Å². The van der Waals surface area contributed by atoms with Gasteiger partial charge >= 0.3 is 0 Å². The first-order chi connectivity index (χ1) is 10.1. The van der Waals surface area contributed by atoms with Crippen molar-refractivity contribution >= 4 is 17.2 Å². The fourth-order valence-corrected chi connectivity index (χ4v) is 3.05. The average Bonchev–Trinajstić information content (AvgIpc) is 2.93. The molecule has 2 aromatic rings. The molecule has 0 bridgehead atoms. The van der Waals surface area contributed by atoms with Gasteiger partial charge in [0, 0.05) is 29.4 Å². The van der Waals surface area contributed by atoms with Gasteiger partial charge in [-0.05, 0) is 25.7 Å². The number of carbonyl (C=O) groups is 1. The Bertz CT molecular complexity index is 580. The second-order valence-corrected chi connectivity index (χ2v) is 6.18. The van der Waals surface area contributed by atoms with Crippen molar-refractivity contribution in [2.45, 2.75) is 12.6 Å². The van der Waals surface area contributed by atoms with Crippen molar-refractivity contribution in [2.24, 2.45) is 5.73 Å². The maximum Gasteiger partial charge on any atom is 0.249 e. The van der Waals surface area contributed by atoms with Gasteiger partial charge in [-0.2, -0.15) is 0 Å². The summed E-state index contributed by atoms with van der Waals surface area (Å²) in [6.45, 7) is 1.59. The summed E-state index contributed by atoms with van der Waals surface area (Å²) < 4.78 is 0. The highest BCUT2D eigenvalue weighted by Gasteiger charge is 2.13. The van der Waals surface area contributed by atoms with E-state index in [-0.39, 0.29) is 5.91 Å². The van der Waals surface area contributed by atoms with E-state index in [9.17, 15) is 4.79 Å². The van der Waals surface area contributed by atoms with E-state index >= 15 is 0 Å². The first kappa shape index (κ1) is 15.7. The van der Waals surface area contributed by atoms with Crippen molar-refractivity contribution in [2.75, 3.05) is 20.6 Å². The van der Waals surface area contributed by atoms with Crippen LogP contribution in [0.25, 0.3) is 0 Å². The van der Waals surface area contributed by atoms with E-state index in [0.29, 0.717) is 11.6 Å². The minimum atomic E-state index is -0.368. The summed E-state index contributed by atoms with van der Waals surface area (Å²) >= 11 is 1.56. The molecule has 21 heavy (non-hydrogen) atoms. The predicted octanol–water partition coefficient (Wildman–Crippen LogP) is 2.24. The molecule has 0 spiro atoms. The van der Waals surface area contributed by atoms with Gasteiger partial charge in [0.15, 0.2) is 0 Å². The van der Waals surface area contributed by atoms with E-state index < -0.39 is 0 Å². The molecular weight excluding hydrogens is 282 g/mol. The lowest BCUT2D eigenvalue weighted by Crippen LogP contribution is -2.30. The molecule has 0 aliphatic rings. The molecule has 4 nitrogen and oxygen atoms in total. The number of nitrogens with two attached hydrogens (primary N) is 1. The topological polar surface area (TPSA) is 58.4 Å². The first-order valence-electron chi connectivity index (χ1n) is 6.87. The van der Waals surface area contributed by atoms with Crippen molar-refractivity contribution in [3.05, 3.63) is 57.8 Å². The van der Waals surface area contributed by atoms with Crippen LogP contribution in [0, 0.1) is 0 Å². The lowest BCUT2D eigenvalue weighted by molar-refractivity contribution is 0.100. The molecule has 112 valence electrons. The molecule has 0 radical (unpaired) electrons. The highest BCUT2D eigenvalue weighted by atomic mass is 32.1. The van der Waals surface area contributed by atoms with Crippen molar-refractivity contribution in [1.29, 1.82) is 0 Å². The molecule has 1 atom stereocenters. The highest BCUT2D eigenvalue weighted by Crippen LogP contribution is 2.18. The van der Waals surface area contributed by atoms with Crippen LogP contribution in [0.4, 0.5) is 0 Å². The Balaban J connectivity index is 1.92.